The molecule has 0 unspecified atom stereocenters. The highest BCUT2D eigenvalue weighted by Gasteiger charge is 2.18. The van der Waals surface area contributed by atoms with Crippen LogP contribution in [0.2, 0.25) is 0 Å². The van der Waals surface area contributed by atoms with Crippen LogP contribution >= 0.6 is 0 Å². The number of fused-ring (bicyclic) bond motifs is 1. The fraction of sp³-hybridized carbons (Fsp3) is 0.500. The Bertz CT molecular complexity index is 545. The minimum atomic E-state index is 0.352. The maximum Gasteiger partial charge on any atom is 0.261 e. The lowest BCUT2D eigenvalue weighted by atomic mass is 9.99. The third-order valence-corrected chi connectivity index (χ3v) is 3.09. The van der Waals surface area contributed by atoms with Crippen molar-refractivity contribution in [1.29, 1.82) is 0 Å². The molecule has 0 aliphatic heterocycles. The molecule has 1 N–H and O–H groups in total. The van der Waals surface area contributed by atoms with E-state index in [-0.39, 0.29) is 0 Å². The van der Waals surface area contributed by atoms with E-state index in [2.05, 4.69) is 19.0 Å². The number of nitrogens with zero attached hydrogens (tertiary/aromatic N) is 1. The predicted octanol–water partition coefficient (Wildman–Crippen LogP) is 3.45. The highest BCUT2D eigenvalue weighted by Crippen LogP contribution is 2.36. The number of ether oxygens (including phenoxy) is 1. The van der Waals surface area contributed by atoms with Gasteiger partial charge in [0.1, 0.15) is 5.75 Å². The highest BCUT2D eigenvalue weighted by atomic mass is 16.5. The van der Waals surface area contributed by atoms with Crippen molar-refractivity contribution in [2.75, 3.05) is 7.11 Å². The molecule has 18 heavy (non-hydrogen) atoms. The summed E-state index contributed by atoms with van der Waals surface area (Å²) in [5, 5.41) is 15.0. The summed E-state index contributed by atoms with van der Waals surface area (Å²) in [6, 6.07) is 1.92. The highest BCUT2D eigenvalue weighted by molar-refractivity contribution is 5.88. The minimum absolute atomic E-state index is 0.352. The van der Waals surface area contributed by atoms with Gasteiger partial charge in [0.15, 0.2) is 5.58 Å². The van der Waals surface area contributed by atoms with Crippen LogP contribution in [0.3, 0.4) is 0 Å². The Kier molecular flexibility index (Phi) is 3.75. The molecule has 0 bridgehead atoms. The van der Waals surface area contributed by atoms with Gasteiger partial charge in [-0.3, -0.25) is 0 Å². The van der Waals surface area contributed by atoms with Crippen LogP contribution in [-0.4, -0.2) is 17.4 Å². The molecule has 1 heterocycles. The van der Waals surface area contributed by atoms with Gasteiger partial charge in [0.2, 0.25) is 0 Å². The zero-order chi connectivity index (χ0) is 13.1. The first-order valence-corrected chi connectivity index (χ1v) is 6.39. The SMILES string of the molecule is CCCc1cc2c(OC)noc2c(CCC)c1O. The molecule has 2 rings (SSSR count). The standard InChI is InChI=1S/C14H19NO3/c1-4-6-9-8-11-13(18-15-14(11)17-3)10(7-5-2)12(9)16/h8,16H,4-7H2,1-3H3. The van der Waals surface area contributed by atoms with Gasteiger partial charge in [-0.25, -0.2) is 0 Å². The van der Waals surface area contributed by atoms with Gasteiger partial charge in [0.05, 0.1) is 12.5 Å². The smallest absolute Gasteiger partial charge is 0.261 e. The summed E-state index contributed by atoms with van der Waals surface area (Å²) in [6.45, 7) is 4.17. The third-order valence-electron chi connectivity index (χ3n) is 3.09. The predicted molar refractivity (Wildman–Crippen MR) is 70.2 cm³/mol. The molecule has 0 radical (unpaired) electrons. The van der Waals surface area contributed by atoms with Crippen molar-refractivity contribution in [3.8, 4) is 11.6 Å². The molecule has 1 aromatic carbocycles. The minimum Gasteiger partial charge on any atom is -0.507 e. The average molecular weight is 249 g/mol. The van der Waals surface area contributed by atoms with Crippen LogP contribution in [0, 0.1) is 0 Å². The molecule has 0 spiro atoms. The summed E-state index contributed by atoms with van der Waals surface area (Å²) >= 11 is 0. The average Bonchev–Trinajstić information content (AvgIpc) is 2.77. The summed E-state index contributed by atoms with van der Waals surface area (Å²) < 4.78 is 10.5. The van der Waals surface area contributed by atoms with Gasteiger partial charge in [-0.15, -0.1) is 0 Å². The molecule has 0 saturated carbocycles. The number of rotatable bonds is 5. The number of hydrogen-bond donors (Lipinski definition) is 1. The number of hydrogen-bond acceptors (Lipinski definition) is 4. The summed E-state index contributed by atoms with van der Waals surface area (Å²) in [5.74, 6) is 0.838. The lowest BCUT2D eigenvalue weighted by Crippen LogP contribution is -1.93. The van der Waals surface area contributed by atoms with E-state index in [9.17, 15) is 5.11 Å². The molecule has 0 aliphatic rings. The summed E-state index contributed by atoms with van der Waals surface area (Å²) in [4.78, 5) is 0. The van der Waals surface area contributed by atoms with Crippen LogP contribution in [0.4, 0.5) is 0 Å². The molecule has 0 amide bonds. The second-order valence-electron chi connectivity index (χ2n) is 4.43. The fourth-order valence-electron chi connectivity index (χ4n) is 2.26. The van der Waals surface area contributed by atoms with Gasteiger partial charge in [-0.05, 0) is 29.6 Å². The van der Waals surface area contributed by atoms with E-state index >= 15 is 0 Å². The number of phenolic OH excluding ortho intramolecular Hbond substituents is 1. The normalized spacial score (nSPS) is 11.1. The molecule has 0 fully saturated rings. The van der Waals surface area contributed by atoms with Crippen LogP contribution in [0.5, 0.6) is 11.6 Å². The van der Waals surface area contributed by atoms with E-state index in [0.29, 0.717) is 17.2 Å². The van der Waals surface area contributed by atoms with E-state index in [0.717, 1.165) is 42.2 Å². The molecule has 4 nitrogen and oxygen atoms in total. The zero-order valence-electron chi connectivity index (χ0n) is 11.1. The molecule has 1 aromatic heterocycles. The maximum atomic E-state index is 10.3. The maximum absolute atomic E-state index is 10.3. The number of aryl methyl sites for hydroxylation is 2. The lowest BCUT2D eigenvalue weighted by molar-refractivity contribution is 0.349. The number of methoxy groups -OCH3 is 1. The van der Waals surface area contributed by atoms with Gasteiger partial charge in [-0.1, -0.05) is 26.7 Å². The van der Waals surface area contributed by atoms with E-state index in [1.165, 1.54) is 0 Å². The molecule has 2 aromatic rings. The molecular formula is C14H19NO3. The first kappa shape index (κ1) is 12.7. The van der Waals surface area contributed by atoms with Crippen LogP contribution < -0.4 is 4.74 Å². The van der Waals surface area contributed by atoms with Gasteiger partial charge >= 0.3 is 0 Å². The number of benzene rings is 1. The second-order valence-corrected chi connectivity index (χ2v) is 4.43. The van der Waals surface area contributed by atoms with E-state index in [1.807, 2.05) is 6.07 Å². The molecule has 4 heteroatoms. The van der Waals surface area contributed by atoms with Gasteiger partial charge in [0, 0.05) is 5.56 Å². The van der Waals surface area contributed by atoms with Gasteiger partial charge in [0.25, 0.3) is 5.88 Å². The van der Waals surface area contributed by atoms with Crippen LogP contribution in [0.1, 0.15) is 37.8 Å². The quantitative estimate of drug-likeness (QED) is 0.881. The molecule has 0 atom stereocenters. The van der Waals surface area contributed by atoms with E-state index < -0.39 is 0 Å². The summed E-state index contributed by atoms with van der Waals surface area (Å²) in [6.07, 6.45) is 3.55. The monoisotopic (exact) mass is 249 g/mol. The Balaban J connectivity index is 2.67. The number of aromatic hydroxyl groups is 1. The fourth-order valence-corrected chi connectivity index (χ4v) is 2.26. The molecule has 98 valence electrons. The summed E-state index contributed by atoms with van der Waals surface area (Å²) in [5.41, 5.74) is 2.43. The molecule has 0 aliphatic carbocycles. The van der Waals surface area contributed by atoms with Crippen molar-refractivity contribution in [3.63, 3.8) is 0 Å². The molecule has 0 saturated heterocycles. The van der Waals surface area contributed by atoms with E-state index in [4.69, 9.17) is 9.26 Å². The van der Waals surface area contributed by atoms with Crippen molar-refractivity contribution >= 4 is 11.0 Å². The van der Waals surface area contributed by atoms with Crippen molar-refractivity contribution in [2.45, 2.75) is 39.5 Å². The second kappa shape index (κ2) is 5.29. The Morgan fingerprint density at radius 1 is 1.28 bits per heavy atom. The zero-order valence-corrected chi connectivity index (χ0v) is 11.1. The van der Waals surface area contributed by atoms with Crippen molar-refractivity contribution in [1.82, 2.24) is 5.16 Å². The van der Waals surface area contributed by atoms with Crippen molar-refractivity contribution in [2.24, 2.45) is 0 Å². The van der Waals surface area contributed by atoms with Crippen molar-refractivity contribution < 1.29 is 14.4 Å². The Morgan fingerprint density at radius 2 is 2.00 bits per heavy atom. The van der Waals surface area contributed by atoms with Crippen LogP contribution in [0.15, 0.2) is 10.6 Å². The number of aromatic nitrogens is 1. The van der Waals surface area contributed by atoms with Gasteiger partial charge in [-0.2, -0.15) is 0 Å². The number of phenols is 1. The first-order valence-electron chi connectivity index (χ1n) is 6.39. The van der Waals surface area contributed by atoms with E-state index in [1.54, 1.807) is 7.11 Å². The lowest BCUT2D eigenvalue weighted by Gasteiger charge is -2.09. The largest absolute Gasteiger partial charge is 0.507 e. The summed E-state index contributed by atoms with van der Waals surface area (Å²) in [7, 11) is 1.57. The van der Waals surface area contributed by atoms with Crippen LogP contribution in [-0.2, 0) is 12.8 Å². The third kappa shape index (κ3) is 2.03. The van der Waals surface area contributed by atoms with Crippen LogP contribution in [0.25, 0.3) is 11.0 Å². The Labute approximate surface area is 107 Å². The Hall–Kier alpha value is -1.71. The van der Waals surface area contributed by atoms with Crippen molar-refractivity contribution in [3.05, 3.63) is 17.2 Å². The molecular weight excluding hydrogens is 230 g/mol. The first-order chi connectivity index (χ1) is 8.72. The van der Waals surface area contributed by atoms with Gasteiger partial charge < -0.3 is 14.4 Å². The Morgan fingerprint density at radius 3 is 2.61 bits per heavy atom. The topological polar surface area (TPSA) is 55.5 Å².